The first kappa shape index (κ1) is 43.5. The van der Waals surface area contributed by atoms with E-state index in [4.69, 9.17) is 18.9 Å². The lowest BCUT2D eigenvalue weighted by molar-refractivity contribution is -0.137. The number of rotatable bonds is 18. The van der Waals surface area contributed by atoms with Crippen molar-refractivity contribution in [2.75, 3.05) is 0 Å². The molecule has 0 unspecified atom stereocenters. The van der Waals surface area contributed by atoms with Gasteiger partial charge >= 0.3 is 18.1 Å². The summed E-state index contributed by atoms with van der Waals surface area (Å²) in [6.45, 7) is 15.6. The van der Waals surface area contributed by atoms with Gasteiger partial charge in [0.2, 0.25) is 0 Å². The van der Waals surface area contributed by atoms with Crippen molar-refractivity contribution in [3.8, 4) is 0 Å². The molecule has 0 heterocycles. The number of carbonyl (C=O) groups excluding carboxylic acids is 2. The molecule has 9 heteroatoms. The molecule has 4 rings (SSSR count). The fourth-order valence-electron chi connectivity index (χ4n) is 6.36. The van der Waals surface area contributed by atoms with Crippen LogP contribution >= 0.6 is 0 Å². The molecular formula is C47H51F3O6. The van der Waals surface area contributed by atoms with E-state index in [0.717, 1.165) is 23.3 Å². The number of hydrogen-bond acceptors (Lipinski definition) is 6. The number of ether oxygens (including phenoxy) is 4. The third kappa shape index (κ3) is 12.4. The standard InChI is InChI=1S/C47H51F3O6/c1-8-41(55-45(51)38-21-15-11-16-22-38)32(4)43(53-34(6)36-19-13-10-14-20-36)29-31(3)30-44(54-35(7)37-25-27-40(28-26-37)47(48,49)50)33(5)42(9-2)56-46(52)39-23-17-12-18-24-39/h8-28,32-35,43-44H,3,29-30H2,1-2,4-7H3/b41-8-,42-9-/t32-,33-,34+,35+,43+,44+/m0/s1. The average Bonchev–Trinajstić information content (AvgIpc) is 3.21. The van der Waals surface area contributed by atoms with Crippen LogP contribution in [0.4, 0.5) is 13.2 Å². The van der Waals surface area contributed by atoms with Gasteiger partial charge in [0.05, 0.1) is 41.1 Å². The second kappa shape index (κ2) is 20.6. The molecule has 0 fully saturated rings. The molecule has 0 aliphatic rings. The predicted octanol–water partition coefficient (Wildman–Crippen LogP) is 12.4. The van der Waals surface area contributed by atoms with Crippen LogP contribution in [0.25, 0.3) is 0 Å². The second-order valence-corrected chi connectivity index (χ2v) is 13.8. The number of allylic oxidation sites excluding steroid dienone is 2. The van der Waals surface area contributed by atoms with Crippen LogP contribution in [0.5, 0.6) is 0 Å². The summed E-state index contributed by atoms with van der Waals surface area (Å²) in [5, 5.41) is 0. The van der Waals surface area contributed by atoms with Gasteiger partial charge in [-0.2, -0.15) is 13.2 Å². The van der Waals surface area contributed by atoms with Crippen LogP contribution in [-0.4, -0.2) is 24.1 Å². The molecule has 0 saturated heterocycles. The Labute approximate surface area is 328 Å². The largest absolute Gasteiger partial charge is 0.427 e. The summed E-state index contributed by atoms with van der Waals surface area (Å²) in [4.78, 5) is 26.3. The van der Waals surface area contributed by atoms with Crippen molar-refractivity contribution in [1.29, 1.82) is 0 Å². The Bertz CT molecular complexity index is 1920. The summed E-state index contributed by atoms with van der Waals surface area (Å²) in [6, 6.07) is 32.0. The first-order valence-corrected chi connectivity index (χ1v) is 18.8. The fourth-order valence-corrected chi connectivity index (χ4v) is 6.36. The summed E-state index contributed by atoms with van der Waals surface area (Å²) in [7, 11) is 0. The molecule has 0 spiro atoms. The molecule has 0 radical (unpaired) electrons. The number of halogens is 3. The highest BCUT2D eigenvalue weighted by Crippen LogP contribution is 2.35. The van der Waals surface area contributed by atoms with Crippen molar-refractivity contribution in [3.63, 3.8) is 0 Å². The molecule has 0 amide bonds. The van der Waals surface area contributed by atoms with Crippen molar-refractivity contribution in [2.45, 2.75) is 85.0 Å². The molecule has 0 bridgehead atoms. The lowest BCUT2D eigenvalue weighted by Crippen LogP contribution is -2.30. The molecule has 0 saturated carbocycles. The minimum Gasteiger partial charge on any atom is -0.427 e. The van der Waals surface area contributed by atoms with E-state index in [1.807, 2.05) is 57.2 Å². The van der Waals surface area contributed by atoms with Crippen LogP contribution in [0.15, 0.2) is 151 Å². The van der Waals surface area contributed by atoms with E-state index < -0.39 is 53.8 Å². The lowest BCUT2D eigenvalue weighted by atomic mass is 9.89. The van der Waals surface area contributed by atoms with Gasteiger partial charge in [-0.15, -0.1) is 0 Å². The molecular weight excluding hydrogens is 718 g/mol. The van der Waals surface area contributed by atoms with Crippen LogP contribution in [0.3, 0.4) is 0 Å². The molecule has 4 aromatic carbocycles. The maximum Gasteiger partial charge on any atom is 0.416 e. The number of hydrogen-bond donors (Lipinski definition) is 0. The van der Waals surface area contributed by atoms with E-state index in [0.29, 0.717) is 34.6 Å². The lowest BCUT2D eigenvalue weighted by Gasteiger charge is -2.32. The Morgan fingerprint density at radius 1 is 0.589 bits per heavy atom. The van der Waals surface area contributed by atoms with Crippen molar-refractivity contribution >= 4 is 11.9 Å². The zero-order valence-electron chi connectivity index (χ0n) is 32.8. The summed E-state index contributed by atoms with van der Waals surface area (Å²) >= 11 is 0. The summed E-state index contributed by atoms with van der Waals surface area (Å²) < 4.78 is 65.3. The summed E-state index contributed by atoms with van der Waals surface area (Å²) in [5.41, 5.74) is 2.31. The Kier molecular flexibility index (Phi) is 16.0. The Morgan fingerprint density at radius 2 is 0.946 bits per heavy atom. The minimum absolute atomic E-state index is 0.285. The minimum atomic E-state index is -4.47. The van der Waals surface area contributed by atoms with Crippen LogP contribution < -0.4 is 0 Å². The van der Waals surface area contributed by atoms with Gasteiger partial charge < -0.3 is 18.9 Å². The van der Waals surface area contributed by atoms with Crippen LogP contribution in [0.2, 0.25) is 0 Å². The summed E-state index contributed by atoms with van der Waals surface area (Å²) in [6.07, 6.45) is -2.46. The normalized spacial score (nSPS) is 15.5. The first-order valence-electron chi connectivity index (χ1n) is 18.8. The zero-order valence-corrected chi connectivity index (χ0v) is 32.8. The zero-order chi connectivity index (χ0) is 40.8. The molecule has 296 valence electrons. The Morgan fingerprint density at radius 3 is 1.30 bits per heavy atom. The fraction of sp³-hybridized carbons (Fsp3) is 0.319. The van der Waals surface area contributed by atoms with E-state index in [1.54, 1.807) is 87.5 Å². The molecule has 56 heavy (non-hydrogen) atoms. The van der Waals surface area contributed by atoms with Crippen molar-refractivity contribution in [1.82, 2.24) is 0 Å². The molecule has 0 aliphatic carbocycles. The second-order valence-electron chi connectivity index (χ2n) is 13.8. The van der Waals surface area contributed by atoms with Crippen LogP contribution in [-0.2, 0) is 25.1 Å². The topological polar surface area (TPSA) is 71.1 Å². The van der Waals surface area contributed by atoms with E-state index in [9.17, 15) is 22.8 Å². The highest BCUT2D eigenvalue weighted by molar-refractivity contribution is 5.90. The van der Waals surface area contributed by atoms with Crippen molar-refractivity contribution in [3.05, 3.63) is 179 Å². The number of benzene rings is 4. The number of esters is 2. The quantitative estimate of drug-likeness (QED) is 0.0570. The van der Waals surface area contributed by atoms with Gasteiger partial charge in [0.15, 0.2) is 0 Å². The number of carbonyl (C=O) groups is 2. The SMILES string of the molecule is C=C(C[C@@H](O[C@H](C)c1ccccc1)[C@@H](C)/C(=C/C)OC(=O)c1ccccc1)C[C@@H](O[C@H](C)c1ccc(C(F)(F)F)cc1)[C@@H](C)/C(=C/C)OC(=O)c1ccccc1. The Hall–Kier alpha value is -5.25. The molecule has 0 aromatic heterocycles. The maximum atomic E-state index is 13.4. The maximum absolute atomic E-state index is 13.4. The third-order valence-electron chi connectivity index (χ3n) is 9.74. The van der Waals surface area contributed by atoms with Gasteiger partial charge in [-0.05, 0) is 100 Å². The molecule has 6 atom stereocenters. The average molecular weight is 769 g/mol. The van der Waals surface area contributed by atoms with Crippen molar-refractivity contribution in [2.24, 2.45) is 11.8 Å². The monoisotopic (exact) mass is 768 g/mol. The highest BCUT2D eigenvalue weighted by atomic mass is 19.4. The van der Waals surface area contributed by atoms with E-state index in [-0.39, 0.29) is 12.5 Å². The molecule has 4 aromatic rings. The van der Waals surface area contributed by atoms with Crippen LogP contribution in [0, 0.1) is 11.8 Å². The van der Waals surface area contributed by atoms with Gasteiger partial charge in [-0.1, -0.05) is 105 Å². The summed E-state index contributed by atoms with van der Waals surface area (Å²) in [5.74, 6) is -1.07. The molecule has 0 aliphatic heterocycles. The predicted molar refractivity (Wildman–Crippen MR) is 212 cm³/mol. The third-order valence-corrected chi connectivity index (χ3v) is 9.74. The number of alkyl halides is 3. The molecule has 0 N–H and O–H groups in total. The van der Waals surface area contributed by atoms with Gasteiger partial charge in [0, 0.05) is 11.8 Å². The van der Waals surface area contributed by atoms with Crippen molar-refractivity contribution < 1.29 is 41.7 Å². The molecule has 6 nitrogen and oxygen atoms in total. The van der Waals surface area contributed by atoms with Gasteiger partial charge in [0.1, 0.15) is 11.5 Å². The van der Waals surface area contributed by atoms with Gasteiger partial charge in [0.25, 0.3) is 0 Å². The first-order chi connectivity index (χ1) is 26.7. The van der Waals surface area contributed by atoms with E-state index in [2.05, 4.69) is 6.58 Å². The highest BCUT2D eigenvalue weighted by Gasteiger charge is 2.33. The van der Waals surface area contributed by atoms with Gasteiger partial charge in [-0.25, -0.2) is 9.59 Å². The van der Waals surface area contributed by atoms with E-state index >= 15 is 0 Å². The van der Waals surface area contributed by atoms with Gasteiger partial charge in [-0.3, -0.25) is 0 Å². The van der Waals surface area contributed by atoms with Crippen LogP contribution in [0.1, 0.15) is 104 Å². The smallest absolute Gasteiger partial charge is 0.416 e. The van der Waals surface area contributed by atoms with E-state index in [1.165, 1.54) is 12.1 Å². The Balaban J connectivity index is 1.61.